The molecule has 0 atom stereocenters. The van der Waals surface area contributed by atoms with E-state index in [9.17, 15) is 10.1 Å². The van der Waals surface area contributed by atoms with Gasteiger partial charge in [-0.05, 0) is 12.2 Å². The van der Waals surface area contributed by atoms with Gasteiger partial charge in [0.05, 0.1) is 10.6 Å². The molecule has 0 saturated carbocycles. The summed E-state index contributed by atoms with van der Waals surface area (Å²) in [6.45, 7) is 0. The third kappa shape index (κ3) is 2.61. The second-order valence-corrected chi connectivity index (χ2v) is 2.54. The highest BCUT2D eigenvalue weighted by Gasteiger charge is 2.21. The van der Waals surface area contributed by atoms with Gasteiger partial charge in [0.2, 0.25) is 0 Å². The fourth-order valence-corrected chi connectivity index (χ4v) is 0.793. The Morgan fingerprint density at radius 2 is 2.17 bits per heavy atom. The largest absolute Gasteiger partial charge is 0.310 e. The highest BCUT2D eigenvalue weighted by Crippen LogP contribution is 2.13. The molecule has 5 nitrogen and oxygen atoms in total. The Morgan fingerprint density at radius 3 is 2.50 bits per heavy atom. The van der Waals surface area contributed by atoms with Gasteiger partial charge in [0.25, 0.3) is 5.70 Å². The highest BCUT2D eigenvalue weighted by molar-refractivity contribution is 5.85. The van der Waals surface area contributed by atoms with Gasteiger partial charge < -0.3 is 11.5 Å². The minimum atomic E-state index is -0.917. The van der Waals surface area contributed by atoms with Crippen LogP contribution in [0.5, 0.6) is 0 Å². The first-order valence-corrected chi connectivity index (χ1v) is 3.13. The summed E-state index contributed by atoms with van der Waals surface area (Å²) in [5, 5.41) is 10.2. The van der Waals surface area contributed by atoms with E-state index in [1.165, 1.54) is 18.2 Å². The number of hydrogen-bond acceptors (Lipinski definition) is 4. The first-order chi connectivity index (χ1) is 5.01. The molecule has 0 aromatic rings. The summed E-state index contributed by atoms with van der Waals surface area (Å²) in [6.07, 6.45) is 4.48. The van der Waals surface area contributed by atoms with Gasteiger partial charge in [0.1, 0.15) is 0 Å². The second kappa shape index (κ2) is 3.66. The molecule has 0 bridgehead atoms. The molecule has 0 radical (unpaired) electrons. The molecule has 0 saturated heterocycles. The van der Waals surface area contributed by atoms with E-state index in [-0.39, 0.29) is 18.1 Å². The van der Waals surface area contributed by atoms with Gasteiger partial charge in [-0.1, -0.05) is 0 Å². The molecule has 4 N–H and O–H groups in total. The summed E-state index contributed by atoms with van der Waals surface area (Å²) in [5.74, 6) is 0. The van der Waals surface area contributed by atoms with Crippen molar-refractivity contribution in [3.8, 4) is 0 Å². The maximum absolute atomic E-state index is 10.2. The standard InChI is InChI=1S/C6H9N3O2.ClH/c7-6(8)3-1-5(2-4-6)9(10)11;/h1-3H,4,7-8H2;1H. The van der Waals surface area contributed by atoms with Crippen LogP contribution < -0.4 is 11.5 Å². The second-order valence-electron chi connectivity index (χ2n) is 2.54. The van der Waals surface area contributed by atoms with E-state index in [2.05, 4.69) is 0 Å². The van der Waals surface area contributed by atoms with Gasteiger partial charge in [-0.25, -0.2) is 0 Å². The fourth-order valence-electron chi connectivity index (χ4n) is 0.793. The van der Waals surface area contributed by atoms with Crippen LogP contribution in [-0.4, -0.2) is 10.6 Å². The van der Waals surface area contributed by atoms with E-state index in [0.717, 1.165) is 0 Å². The van der Waals surface area contributed by atoms with Crippen LogP contribution in [0.3, 0.4) is 0 Å². The van der Waals surface area contributed by atoms with Crippen molar-refractivity contribution in [1.82, 2.24) is 0 Å². The molecule has 0 aromatic heterocycles. The fraction of sp³-hybridized carbons (Fsp3) is 0.333. The minimum Gasteiger partial charge on any atom is -0.310 e. The molecule has 0 fully saturated rings. The Hall–Kier alpha value is -0.910. The Labute approximate surface area is 75.7 Å². The third-order valence-corrected chi connectivity index (χ3v) is 1.44. The van der Waals surface area contributed by atoms with Gasteiger partial charge in [-0.15, -0.1) is 12.4 Å². The smallest absolute Gasteiger partial charge is 0.265 e. The molecule has 1 aliphatic rings. The van der Waals surface area contributed by atoms with Crippen LogP contribution in [0.4, 0.5) is 0 Å². The summed E-state index contributed by atoms with van der Waals surface area (Å²) in [6, 6.07) is 0. The lowest BCUT2D eigenvalue weighted by atomic mass is 10.0. The number of nitrogens with two attached hydrogens (primary N) is 2. The van der Waals surface area contributed by atoms with Crippen LogP contribution in [0.1, 0.15) is 6.42 Å². The van der Waals surface area contributed by atoms with E-state index in [1.54, 1.807) is 0 Å². The van der Waals surface area contributed by atoms with Crippen LogP contribution in [0.15, 0.2) is 23.9 Å². The Balaban J connectivity index is 0.00000121. The van der Waals surface area contributed by atoms with Gasteiger partial charge >= 0.3 is 0 Å². The van der Waals surface area contributed by atoms with Crippen molar-refractivity contribution < 1.29 is 4.92 Å². The number of hydrogen-bond donors (Lipinski definition) is 2. The zero-order valence-electron chi connectivity index (χ0n) is 6.27. The number of nitrogens with zero attached hydrogens (tertiary/aromatic N) is 1. The molecule has 6 heteroatoms. The van der Waals surface area contributed by atoms with Crippen molar-refractivity contribution in [2.24, 2.45) is 11.5 Å². The molecule has 0 heterocycles. The van der Waals surface area contributed by atoms with Crippen molar-refractivity contribution in [2.45, 2.75) is 12.1 Å². The number of rotatable bonds is 1. The maximum Gasteiger partial charge on any atom is 0.265 e. The molecule has 0 aromatic carbocycles. The minimum absolute atomic E-state index is 0. The molecule has 0 aliphatic heterocycles. The first kappa shape index (κ1) is 11.1. The normalized spacial score (nSPS) is 19.3. The maximum atomic E-state index is 10.2. The predicted molar refractivity (Wildman–Crippen MR) is 47.2 cm³/mol. The van der Waals surface area contributed by atoms with Gasteiger partial charge in [0, 0.05) is 12.5 Å². The molecule has 0 spiro atoms. The molecular weight excluding hydrogens is 182 g/mol. The summed E-state index contributed by atoms with van der Waals surface area (Å²) in [7, 11) is 0. The SMILES string of the molecule is Cl.NC1(N)C=CC([N+](=O)[O-])=CC1. The lowest BCUT2D eigenvalue weighted by Crippen LogP contribution is -2.47. The highest BCUT2D eigenvalue weighted by atomic mass is 35.5. The van der Waals surface area contributed by atoms with Crippen molar-refractivity contribution in [1.29, 1.82) is 0 Å². The lowest BCUT2D eigenvalue weighted by Gasteiger charge is -2.19. The number of allylic oxidation sites excluding steroid dienone is 1. The summed E-state index contributed by atoms with van der Waals surface area (Å²) >= 11 is 0. The predicted octanol–water partition coefficient (Wildman–Crippen LogP) is 0.142. The van der Waals surface area contributed by atoms with Crippen LogP contribution in [-0.2, 0) is 0 Å². The van der Waals surface area contributed by atoms with E-state index in [0.29, 0.717) is 6.42 Å². The zero-order chi connectivity index (χ0) is 8.48. The van der Waals surface area contributed by atoms with Crippen molar-refractivity contribution >= 4 is 12.4 Å². The molecule has 1 aliphatic carbocycles. The Morgan fingerprint density at radius 1 is 1.58 bits per heavy atom. The van der Waals surface area contributed by atoms with E-state index < -0.39 is 10.6 Å². The average Bonchev–Trinajstić information content (AvgIpc) is 1.86. The topological polar surface area (TPSA) is 95.2 Å². The van der Waals surface area contributed by atoms with Crippen LogP contribution >= 0.6 is 12.4 Å². The van der Waals surface area contributed by atoms with Crippen molar-refractivity contribution in [2.75, 3.05) is 0 Å². The Kier molecular flexibility index (Phi) is 3.38. The third-order valence-electron chi connectivity index (χ3n) is 1.44. The van der Waals surface area contributed by atoms with Gasteiger partial charge in [-0.3, -0.25) is 10.1 Å². The average molecular weight is 192 g/mol. The molecule has 0 unspecified atom stereocenters. The van der Waals surface area contributed by atoms with E-state index in [1.807, 2.05) is 0 Å². The first-order valence-electron chi connectivity index (χ1n) is 3.13. The molecule has 12 heavy (non-hydrogen) atoms. The quantitative estimate of drug-likeness (QED) is 0.350. The molecule has 0 amide bonds. The van der Waals surface area contributed by atoms with Crippen LogP contribution in [0, 0.1) is 10.1 Å². The summed E-state index contributed by atoms with van der Waals surface area (Å²) < 4.78 is 0. The molecule has 1 rings (SSSR count). The van der Waals surface area contributed by atoms with Crippen molar-refractivity contribution in [3.63, 3.8) is 0 Å². The van der Waals surface area contributed by atoms with Crippen molar-refractivity contribution in [3.05, 3.63) is 34.0 Å². The summed E-state index contributed by atoms with van der Waals surface area (Å²) in [5.41, 5.74) is 10.1. The molecular formula is C6H10ClN3O2. The Bertz CT molecular complexity index is 247. The van der Waals surface area contributed by atoms with E-state index in [4.69, 9.17) is 11.5 Å². The van der Waals surface area contributed by atoms with Gasteiger partial charge in [0.15, 0.2) is 0 Å². The zero-order valence-corrected chi connectivity index (χ0v) is 7.08. The van der Waals surface area contributed by atoms with Crippen LogP contribution in [0.25, 0.3) is 0 Å². The summed E-state index contributed by atoms with van der Waals surface area (Å²) in [4.78, 5) is 9.70. The van der Waals surface area contributed by atoms with E-state index >= 15 is 0 Å². The monoisotopic (exact) mass is 191 g/mol. The number of halogens is 1. The van der Waals surface area contributed by atoms with Crippen LogP contribution in [0.2, 0.25) is 0 Å². The lowest BCUT2D eigenvalue weighted by molar-refractivity contribution is -0.419. The number of nitro groups is 1. The van der Waals surface area contributed by atoms with Gasteiger partial charge in [-0.2, -0.15) is 0 Å². The molecule has 68 valence electrons.